The maximum absolute atomic E-state index is 13.0. The Morgan fingerprint density at radius 1 is 1.21 bits per heavy atom. The maximum atomic E-state index is 13.0. The van der Waals surface area contributed by atoms with Gasteiger partial charge in [-0.05, 0) is 18.9 Å². The fourth-order valence-corrected chi connectivity index (χ4v) is 3.39. The number of aromatic nitrogens is 1. The van der Waals surface area contributed by atoms with E-state index in [-0.39, 0.29) is 42.2 Å². The first kappa shape index (κ1) is 20.6. The number of fused-ring (bicyclic) bond motifs is 1. The summed E-state index contributed by atoms with van der Waals surface area (Å²) in [6.45, 7) is 4.50. The van der Waals surface area contributed by atoms with Crippen LogP contribution in [0.5, 0.6) is 5.75 Å². The van der Waals surface area contributed by atoms with Crippen molar-refractivity contribution in [1.82, 2.24) is 9.88 Å². The zero-order valence-corrected chi connectivity index (χ0v) is 16.8. The summed E-state index contributed by atoms with van der Waals surface area (Å²) in [7, 11) is 0. The molecule has 0 aliphatic carbocycles. The second-order valence-electron chi connectivity index (χ2n) is 7.01. The number of carbonyl (C=O) groups is 2. The number of ether oxygens (including phenoxy) is 2. The van der Waals surface area contributed by atoms with Gasteiger partial charge in [-0.3, -0.25) is 9.59 Å². The van der Waals surface area contributed by atoms with Crippen molar-refractivity contribution in [3.63, 3.8) is 0 Å². The van der Waals surface area contributed by atoms with Crippen LogP contribution >= 0.6 is 0 Å². The second-order valence-corrected chi connectivity index (χ2v) is 7.01. The third-order valence-electron chi connectivity index (χ3n) is 4.83. The Labute approximate surface area is 169 Å². The van der Waals surface area contributed by atoms with Gasteiger partial charge in [-0.25, -0.2) is 4.79 Å². The molecule has 1 N–H and O–H groups in total. The molecule has 1 aromatic heterocycles. The zero-order chi connectivity index (χ0) is 20.8. The molecule has 7 nitrogen and oxygen atoms in total. The van der Waals surface area contributed by atoms with E-state index in [4.69, 9.17) is 9.47 Å². The van der Waals surface area contributed by atoms with E-state index in [9.17, 15) is 14.4 Å². The van der Waals surface area contributed by atoms with E-state index in [0.717, 1.165) is 24.8 Å². The normalized spacial score (nSPS) is 15.4. The van der Waals surface area contributed by atoms with Crippen LogP contribution in [0.25, 0.3) is 0 Å². The summed E-state index contributed by atoms with van der Waals surface area (Å²) in [5.74, 6) is -1.20. The molecule has 1 atom stereocenters. The van der Waals surface area contributed by atoms with Crippen LogP contribution in [0.3, 0.4) is 0 Å². The van der Waals surface area contributed by atoms with Crippen LogP contribution in [-0.4, -0.2) is 29.1 Å². The van der Waals surface area contributed by atoms with Crippen LogP contribution in [0.15, 0.2) is 41.3 Å². The second kappa shape index (κ2) is 9.41. The first-order valence-electron chi connectivity index (χ1n) is 9.97. The smallest absolute Gasteiger partial charge is 0.343 e. The molecular weight excluding hydrogens is 372 g/mol. The first-order chi connectivity index (χ1) is 14.0. The SMILES string of the molecule is CCCC[C@@H]1Cn2cc(C(=O)OCC)c(=O)c(OCc3ccccc3)c2C(=O)N1. The van der Waals surface area contributed by atoms with Crippen LogP contribution in [0.1, 0.15) is 59.5 Å². The van der Waals surface area contributed by atoms with Gasteiger partial charge in [0.25, 0.3) is 5.91 Å². The molecule has 0 unspecified atom stereocenters. The lowest BCUT2D eigenvalue weighted by Gasteiger charge is -2.29. The molecule has 0 spiro atoms. The van der Waals surface area contributed by atoms with Crippen molar-refractivity contribution < 1.29 is 19.1 Å². The lowest BCUT2D eigenvalue weighted by atomic mass is 10.1. The number of unbranched alkanes of at least 4 members (excludes halogenated alkanes) is 1. The summed E-state index contributed by atoms with van der Waals surface area (Å²) in [5, 5.41) is 2.95. The predicted octanol–water partition coefficient (Wildman–Crippen LogP) is 2.91. The number of esters is 1. The molecule has 0 saturated heterocycles. The summed E-state index contributed by atoms with van der Waals surface area (Å²) in [5.41, 5.74) is 0.242. The molecule has 1 amide bonds. The van der Waals surface area contributed by atoms with E-state index in [0.29, 0.717) is 6.54 Å². The highest BCUT2D eigenvalue weighted by atomic mass is 16.5. The monoisotopic (exact) mass is 398 g/mol. The Kier molecular flexibility index (Phi) is 6.69. The topological polar surface area (TPSA) is 86.6 Å². The number of pyridine rings is 1. The van der Waals surface area contributed by atoms with Gasteiger partial charge in [0.15, 0.2) is 11.4 Å². The van der Waals surface area contributed by atoms with Gasteiger partial charge < -0.3 is 19.4 Å². The fourth-order valence-electron chi connectivity index (χ4n) is 3.39. The Morgan fingerprint density at radius 2 is 1.97 bits per heavy atom. The summed E-state index contributed by atoms with van der Waals surface area (Å²) >= 11 is 0. The minimum atomic E-state index is -0.714. The quantitative estimate of drug-likeness (QED) is 0.691. The number of hydrogen-bond acceptors (Lipinski definition) is 5. The molecule has 0 radical (unpaired) electrons. The number of benzene rings is 1. The van der Waals surface area contributed by atoms with Crippen molar-refractivity contribution in [3.8, 4) is 5.75 Å². The summed E-state index contributed by atoms with van der Waals surface area (Å²) in [6.07, 6.45) is 4.23. The molecule has 1 aliphatic rings. The molecule has 1 aromatic carbocycles. The predicted molar refractivity (Wildman–Crippen MR) is 108 cm³/mol. The summed E-state index contributed by atoms with van der Waals surface area (Å²) in [4.78, 5) is 38.1. The van der Waals surface area contributed by atoms with Gasteiger partial charge in [0.2, 0.25) is 5.43 Å². The highest BCUT2D eigenvalue weighted by Gasteiger charge is 2.31. The van der Waals surface area contributed by atoms with Gasteiger partial charge in [0, 0.05) is 18.8 Å². The van der Waals surface area contributed by atoms with Gasteiger partial charge in [-0.15, -0.1) is 0 Å². The summed E-state index contributed by atoms with van der Waals surface area (Å²) < 4.78 is 12.4. The molecule has 0 saturated carbocycles. The van der Waals surface area contributed by atoms with Crippen LogP contribution in [0.2, 0.25) is 0 Å². The molecule has 2 heterocycles. The van der Waals surface area contributed by atoms with E-state index < -0.39 is 11.4 Å². The zero-order valence-electron chi connectivity index (χ0n) is 16.8. The molecule has 7 heteroatoms. The van der Waals surface area contributed by atoms with Crippen LogP contribution in [-0.2, 0) is 17.9 Å². The molecule has 0 bridgehead atoms. The summed E-state index contributed by atoms with van der Waals surface area (Å²) in [6, 6.07) is 9.27. The Hall–Kier alpha value is -3.09. The molecule has 154 valence electrons. The Morgan fingerprint density at radius 3 is 2.66 bits per heavy atom. The minimum absolute atomic E-state index is 0.0607. The van der Waals surface area contributed by atoms with Gasteiger partial charge >= 0.3 is 5.97 Å². The molecule has 2 aromatic rings. The van der Waals surface area contributed by atoms with Gasteiger partial charge in [0.1, 0.15) is 12.2 Å². The van der Waals surface area contributed by atoms with Gasteiger partial charge in [0.05, 0.1) is 6.61 Å². The van der Waals surface area contributed by atoms with E-state index >= 15 is 0 Å². The number of hydrogen-bond donors (Lipinski definition) is 1. The third kappa shape index (κ3) is 4.67. The van der Waals surface area contributed by atoms with Crippen LogP contribution in [0.4, 0.5) is 0 Å². The third-order valence-corrected chi connectivity index (χ3v) is 4.83. The molecule has 29 heavy (non-hydrogen) atoms. The number of amides is 1. The number of rotatable bonds is 8. The molecule has 0 fully saturated rings. The van der Waals surface area contributed by atoms with Gasteiger partial charge in [-0.2, -0.15) is 0 Å². The van der Waals surface area contributed by atoms with Crippen molar-refractivity contribution in [1.29, 1.82) is 0 Å². The van der Waals surface area contributed by atoms with Crippen LogP contribution < -0.4 is 15.5 Å². The van der Waals surface area contributed by atoms with Gasteiger partial charge in [-0.1, -0.05) is 50.1 Å². The molecular formula is C22H26N2O5. The highest BCUT2D eigenvalue weighted by Crippen LogP contribution is 2.22. The maximum Gasteiger partial charge on any atom is 0.343 e. The number of nitrogens with one attached hydrogen (secondary N) is 1. The van der Waals surface area contributed by atoms with Crippen molar-refractivity contribution in [2.75, 3.05) is 6.61 Å². The van der Waals surface area contributed by atoms with E-state index in [1.165, 1.54) is 6.20 Å². The molecule has 1 aliphatic heterocycles. The van der Waals surface area contributed by atoms with E-state index in [2.05, 4.69) is 12.2 Å². The lowest BCUT2D eigenvalue weighted by Crippen LogP contribution is -2.46. The van der Waals surface area contributed by atoms with E-state index in [1.807, 2.05) is 30.3 Å². The standard InChI is InChI=1S/C22H26N2O5/c1-3-5-11-16-12-24-13-17(22(27)28-4-2)19(25)20(18(24)21(26)23-16)29-14-15-9-7-6-8-10-15/h6-10,13,16H,3-5,11-12,14H2,1-2H3,(H,23,26)/t16-/m1/s1. The van der Waals surface area contributed by atoms with Crippen molar-refractivity contribution >= 4 is 11.9 Å². The number of nitrogens with zero attached hydrogens (tertiary/aromatic N) is 1. The fraction of sp³-hybridized carbons (Fsp3) is 0.409. The lowest BCUT2D eigenvalue weighted by molar-refractivity contribution is 0.0521. The van der Waals surface area contributed by atoms with E-state index in [1.54, 1.807) is 11.5 Å². The average molecular weight is 398 g/mol. The number of carbonyl (C=O) groups excluding carboxylic acids is 2. The largest absolute Gasteiger partial charge is 0.483 e. The van der Waals surface area contributed by atoms with Crippen molar-refractivity contribution in [2.24, 2.45) is 0 Å². The minimum Gasteiger partial charge on any atom is -0.483 e. The van der Waals surface area contributed by atoms with Crippen LogP contribution in [0, 0.1) is 0 Å². The highest BCUT2D eigenvalue weighted by molar-refractivity contribution is 5.98. The Balaban J connectivity index is 2.01. The molecule has 3 rings (SSSR count). The first-order valence-corrected chi connectivity index (χ1v) is 9.97. The Bertz CT molecular complexity index is 936. The van der Waals surface area contributed by atoms with Crippen molar-refractivity contribution in [3.05, 3.63) is 63.6 Å². The average Bonchev–Trinajstić information content (AvgIpc) is 2.72. The van der Waals surface area contributed by atoms with Crippen molar-refractivity contribution in [2.45, 2.75) is 52.3 Å².